The van der Waals surface area contributed by atoms with Gasteiger partial charge in [-0.2, -0.15) is 0 Å². The number of hydrogen-bond acceptors (Lipinski definition) is 1. The van der Waals surface area contributed by atoms with Crippen LogP contribution in [0.5, 0.6) is 0 Å². The number of carbonyl (C=O) groups excluding carboxylic acids is 1. The summed E-state index contributed by atoms with van der Waals surface area (Å²) in [4.78, 5) is 11.6. The van der Waals surface area contributed by atoms with Gasteiger partial charge >= 0.3 is 0 Å². The van der Waals surface area contributed by atoms with Crippen LogP contribution in [0.2, 0.25) is 0 Å². The number of rotatable bonds is 14. The quantitative estimate of drug-likeness (QED) is 0.269. The molecule has 0 saturated carbocycles. The van der Waals surface area contributed by atoms with Crippen molar-refractivity contribution in [3.05, 3.63) is 12.2 Å². The van der Waals surface area contributed by atoms with E-state index < -0.39 is 0 Å². The van der Waals surface area contributed by atoms with Crippen molar-refractivity contribution in [1.82, 2.24) is 0 Å². The van der Waals surface area contributed by atoms with Crippen LogP contribution in [0.1, 0.15) is 97.3 Å². The van der Waals surface area contributed by atoms with Gasteiger partial charge in [-0.15, -0.1) is 0 Å². The fourth-order valence-corrected chi connectivity index (χ4v) is 2.24. The third-order valence-electron chi connectivity index (χ3n) is 3.55. The second-order valence-corrected chi connectivity index (χ2v) is 5.59. The van der Waals surface area contributed by atoms with Crippen molar-refractivity contribution in [2.24, 2.45) is 0 Å². The summed E-state index contributed by atoms with van der Waals surface area (Å²) in [5.74, 6) is 0.323. The predicted octanol–water partition coefficient (Wildman–Crippen LogP) is 6.22. The third kappa shape index (κ3) is 15.4. The van der Waals surface area contributed by atoms with Gasteiger partial charge in [-0.1, -0.05) is 77.7 Å². The van der Waals surface area contributed by atoms with E-state index in [4.69, 9.17) is 0 Å². The number of allylic oxidation sites excluding steroid dienone is 2. The van der Waals surface area contributed by atoms with Gasteiger partial charge in [-0.05, 0) is 25.3 Å². The normalized spacial score (nSPS) is 11.3. The number of hydrogen-bond donors (Lipinski definition) is 0. The second-order valence-electron chi connectivity index (χ2n) is 5.59. The van der Waals surface area contributed by atoms with Crippen molar-refractivity contribution in [2.45, 2.75) is 97.3 Å². The number of ketones is 1. The first-order valence-corrected chi connectivity index (χ1v) is 8.50. The molecule has 0 aromatic rings. The maximum atomic E-state index is 11.6. The van der Waals surface area contributed by atoms with Crippen molar-refractivity contribution >= 4 is 5.78 Å². The highest BCUT2D eigenvalue weighted by Gasteiger charge is 1.97. The Morgan fingerprint density at radius 1 is 0.737 bits per heavy atom. The lowest BCUT2D eigenvalue weighted by Crippen LogP contribution is -1.92. The Labute approximate surface area is 120 Å². The standard InChI is InChI=1S/C18H34O/c1-3-5-7-9-11-13-15-17-18(19)16-14-12-10-8-6-4-2/h14,16H,3-13,15,17H2,1-2H3/b16-14-. The van der Waals surface area contributed by atoms with Gasteiger partial charge in [0.15, 0.2) is 5.78 Å². The summed E-state index contributed by atoms with van der Waals surface area (Å²) in [6, 6.07) is 0. The molecule has 0 rings (SSSR count). The summed E-state index contributed by atoms with van der Waals surface area (Å²) < 4.78 is 0. The molecule has 0 amide bonds. The van der Waals surface area contributed by atoms with Crippen LogP contribution in [-0.2, 0) is 4.79 Å². The molecular weight excluding hydrogens is 232 g/mol. The van der Waals surface area contributed by atoms with Gasteiger partial charge in [0.05, 0.1) is 0 Å². The van der Waals surface area contributed by atoms with E-state index >= 15 is 0 Å². The monoisotopic (exact) mass is 266 g/mol. The smallest absolute Gasteiger partial charge is 0.155 e. The summed E-state index contributed by atoms with van der Waals surface area (Å²) in [7, 11) is 0. The van der Waals surface area contributed by atoms with Crippen molar-refractivity contribution in [3.8, 4) is 0 Å². The molecule has 1 heteroatoms. The largest absolute Gasteiger partial charge is 0.295 e. The van der Waals surface area contributed by atoms with E-state index in [2.05, 4.69) is 19.9 Å². The van der Waals surface area contributed by atoms with Gasteiger partial charge < -0.3 is 0 Å². The molecule has 0 spiro atoms. The van der Waals surface area contributed by atoms with Crippen molar-refractivity contribution in [1.29, 1.82) is 0 Å². The van der Waals surface area contributed by atoms with Crippen LogP contribution in [0.15, 0.2) is 12.2 Å². The molecule has 0 heterocycles. The van der Waals surface area contributed by atoms with E-state index in [0.717, 1.165) is 19.3 Å². The highest BCUT2D eigenvalue weighted by Crippen LogP contribution is 2.09. The third-order valence-corrected chi connectivity index (χ3v) is 3.55. The molecule has 0 N–H and O–H groups in total. The maximum absolute atomic E-state index is 11.6. The zero-order valence-electron chi connectivity index (χ0n) is 13.3. The van der Waals surface area contributed by atoms with Crippen LogP contribution in [0.4, 0.5) is 0 Å². The molecule has 0 radical (unpaired) electrons. The van der Waals surface area contributed by atoms with Gasteiger partial charge in [-0.3, -0.25) is 4.79 Å². The zero-order chi connectivity index (χ0) is 14.2. The summed E-state index contributed by atoms with van der Waals surface area (Å²) >= 11 is 0. The average Bonchev–Trinajstić information content (AvgIpc) is 2.41. The van der Waals surface area contributed by atoms with Crippen LogP contribution in [-0.4, -0.2) is 5.78 Å². The molecule has 1 nitrogen and oxygen atoms in total. The topological polar surface area (TPSA) is 17.1 Å². The number of unbranched alkanes of at least 4 members (excludes halogenated alkanes) is 10. The summed E-state index contributed by atoms with van der Waals surface area (Å²) in [6.45, 7) is 4.47. The Kier molecular flexibility index (Phi) is 15.0. The lowest BCUT2D eigenvalue weighted by molar-refractivity contribution is -0.114. The van der Waals surface area contributed by atoms with Crippen LogP contribution in [0.3, 0.4) is 0 Å². The summed E-state index contributed by atoms with van der Waals surface area (Å²) in [5.41, 5.74) is 0. The SMILES string of the molecule is CCCCCC/C=C\C(=O)CCCCCCCCC. The van der Waals surface area contributed by atoms with Crippen LogP contribution < -0.4 is 0 Å². The highest BCUT2D eigenvalue weighted by molar-refractivity contribution is 5.89. The van der Waals surface area contributed by atoms with E-state index in [1.165, 1.54) is 64.2 Å². The van der Waals surface area contributed by atoms with Crippen LogP contribution in [0.25, 0.3) is 0 Å². The first kappa shape index (κ1) is 18.4. The second kappa shape index (κ2) is 15.5. The van der Waals surface area contributed by atoms with Crippen LogP contribution >= 0.6 is 0 Å². The predicted molar refractivity (Wildman–Crippen MR) is 85.5 cm³/mol. The van der Waals surface area contributed by atoms with E-state index in [-0.39, 0.29) is 0 Å². The van der Waals surface area contributed by atoms with E-state index in [1.807, 2.05) is 6.08 Å². The summed E-state index contributed by atoms with van der Waals surface area (Å²) in [5, 5.41) is 0. The fourth-order valence-electron chi connectivity index (χ4n) is 2.24. The van der Waals surface area contributed by atoms with Crippen molar-refractivity contribution in [3.63, 3.8) is 0 Å². The average molecular weight is 266 g/mol. The number of carbonyl (C=O) groups is 1. The fraction of sp³-hybridized carbons (Fsp3) is 0.833. The Morgan fingerprint density at radius 2 is 1.26 bits per heavy atom. The van der Waals surface area contributed by atoms with Gasteiger partial charge in [0.25, 0.3) is 0 Å². The summed E-state index contributed by atoms with van der Waals surface area (Å²) in [6.07, 6.45) is 19.8. The molecule has 0 aliphatic carbocycles. The molecule has 112 valence electrons. The molecule has 0 aliphatic heterocycles. The molecule has 0 aromatic heterocycles. The Bertz CT molecular complexity index is 218. The molecule has 0 aliphatic rings. The Morgan fingerprint density at radius 3 is 1.89 bits per heavy atom. The van der Waals surface area contributed by atoms with Crippen molar-refractivity contribution < 1.29 is 4.79 Å². The minimum atomic E-state index is 0.323. The Balaban J connectivity index is 3.26. The Hall–Kier alpha value is -0.590. The molecule has 0 aromatic carbocycles. The van der Waals surface area contributed by atoms with E-state index in [1.54, 1.807) is 0 Å². The van der Waals surface area contributed by atoms with Crippen molar-refractivity contribution in [2.75, 3.05) is 0 Å². The lowest BCUT2D eigenvalue weighted by atomic mass is 10.1. The highest BCUT2D eigenvalue weighted by atomic mass is 16.1. The molecule has 0 saturated heterocycles. The van der Waals surface area contributed by atoms with Gasteiger partial charge in [0.1, 0.15) is 0 Å². The van der Waals surface area contributed by atoms with E-state index in [9.17, 15) is 4.79 Å². The molecule has 0 bridgehead atoms. The van der Waals surface area contributed by atoms with Gasteiger partial charge in [-0.25, -0.2) is 0 Å². The minimum absolute atomic E-state index is 0.323. The van der Waals surface area contributed by atoms with Crippen LogP contribution in [0, 0.1) is 0 Å². The first-order chi connectivity index (χ1) is 9.31. The minimum Gasteiger partial charge on any atom is -0.295 e. The van der Waals surface area contributed by atoms with Gasteiger partial charge in [0.2, 0.25) is 0 Å². The molecule has 0 fully saturated rings. The first-order valence-electron chi connectivity index (χ1n) is 8.50. The zero-order valence-corrected chi connectivity index (χ0v) is 13.3. The molecule has 0 atom stereocenters. The lowest BCUT2D eigenvalue weighted by Gasteiger charge is -1.99. The molecule has 0 unspecified atom stereocenters. The molecule has 19 heavy (non-hydrogen) atoms. The van der Waals surface area contributed by atoms with E-state index in [0.29, 0.717) is 5.78 Å². The molecular formula is C18H34O. The maximum Gasteiger partial charge on any atom is 0.155 e. The van der Waals surface area contributed by atoms with Gasteiger partial charge in [0, 0.05) is 6.42 Å².